The van der Waals surface area contributed by atoms with Crippen LogP contribution in [0.3, 0.4) is 0 Å². The Bertz CT molecular complexity index is 280. The van der Waals surface area contributed by atoms with Crippen molar-refractivity contribution >= 4 is 11.5 Å². The van der Waals surface area contributed by atoms with Gasteiger partial charge >= 0.3 is 0 Å². The first kappa shape index (κ1) is 9.80. The van der Waals surface area contributed by atoms with Crippen LogP contribution in [0.15, 0.2) is 18.3 Å². The van der Waals surface area contributed by atoms with Gasteiger partial charge in [0.1, 0.15) is 5.82 Å². The van der Waals surface area contributed by atoms with E-state index >= 15 is 0 Å². The highest BCUT2D eigenvalue weighted by molar-refractivity contribution is 5.48. The summed E-state index contributed by atoms with van der Waals surface area (Å²) in [6, 6.07) is 3.45. The predicted octanol–water partition coefficient (Wildman–Crippen LogP) is 0.847. The lowest BCUT2D eigenvalue weighted by Gasteiger charge is -2.17. The summed E-state index contributed by atoms with van der Waals surface area (Å²) in [5.74, 6) is 0.683. The zero-order chi connectivity index (χ0) is 9.90. The zero-order valence-corrected chi connectivity index (χ0v) is 7.91. The first-order valence-electron chi connectivity index (χ1n) is 4.15. The summed E-state index contributed by atoms with van der Waals surface area (Å²) in [6.07, 6.45) is 1.63. The molecule has 0 aliphatic rings. The van der Waals surface area contributed by atoms with Gasteiger partial charge in [-0.1, -0.05) is 0 Å². The van der Waals surface area contributed by atoms with Gasteiger partial charge in [-0.25, -0.2) is 4.98 Å². The van der Waals surface area contributed by atoms with E-state index in [1.165, 1.54) is 0 Å². The second-order valence-corrected chi connectivity index (χ2v) is 3.64. The Labute approximate surface area is 77.8 Å². The lowest BCUT2D eigenvalue weighted by Crippen LogP contribution is -2.29. The summed E-state index contributed by atoms with van der Waals surface area (Å²) < 4.78 is 0. The molecule has 1 rings (SSSR count). The van der Waals surface area contributed by atoms with Gasteiger partial charge in [0.15, 0.2) is 0 Å². The molecule has 0 saturated carbocycles. The number of aromatic nitrogens is 1. The van der Waals surface area contributed by atoms with Crippen LogP contribution in [-0.4, -0.2) is 22.2 Å². The Morgan fingerprint density at radius 2 is 2.31 bits per heavy atom. The number of nitrogen functional groups attached to an aromatic ring is 1. The average molecular weight is 181 g/mol. The van der Waals surface area contributed by atoms with E-state index < -0.39 is 5.60 Å². The maximum Gasteiger partial charge on any atom is 0.128 e. The fourth-order valence-electron chi connectivity index (χ4n) is 0.850. The highest BCUT2D eigenvalue weighted by atomic mass is 16.3. The molecule has 0 saturated heterocycles. The Hall–Kier alpha value is -1.29. The molecule has 0 amide bonds. The van der Waals surface area contributed by atoms with E-state index in [0.717, 1.165) is 0 Å². The quantitative estimate of drug-likeness (QED) is 0.646. The monoisotopic (exact) mass is 181 g/mol. The number of rotatable bonds is 3. The van der Waals surface area contributed by atoms with Gasteiger partial charge in [0.2, 0.25) is 0 Å². The molecule has 1 aromatic rings. The topological polar surface area (TPSA) is 71.2 Å². The number of nitrogens with zero attached hydrogens (tertiary/aromatic N) is 1. The fraction of sp³-hybridized carbons (Fsp3) is 0.444. The highest BCUT2D eigenvalue weighted by Gasteiger charge is 2.11. The van der Waals surface area contributed by atoms with E-state index in [-0.39, 0.29) is 0 Å². The predicted molar refractivity (Wildman–Crippen MR) is 53.4 cm³/mol. The highest BCUT2D eigenvalue weighted by Crippen LogP contribution is 2.09. The third-order valence-electron chi connectivity index (χ3n) is 1.49. The third-order valence-corrected chi connectivity index (χ3v) is 1.49. The van der Waals surface area contributed by atoms with Crippen molar-refractivity contribution in [3.63, 3.8) is 0 Å². The Kier molecular flexibility index (Phi) is 2.72. The summed E-state index contributed by atoms with van der Waals surface area (Å²) in [6.45, 7) is 3.90. The molecule has 13 heavy (non-hydrogen) atoms. The largest absolute Gasteiger partial charge is 0.399 e. The van der Waals surface area contributed by atoms with Gasteiger partial charge in [-0.2, -0.15) is 0 Å². The second kappa shape index (κ2) is 3.62. The van der Waals surface area contributed by atoms with Crippen molar-refractivity contribution in [2.75, 3.05) is 17.6 Å². The van der Waals surface area contributed by atoms with Gasteiger partial charge in [0, 0.05) is 24.5 Å². The van der Waals surface area contributed by atoms with Gasteiger partial charge in [-0.15, -0.1) is 0 Å². The van der Waals surface area contributed by atoms with Crippen LogP contribution in [-0.2, 0) is 0 Å². The zero-order valence-electron chi connectivity index (χ0n) is 7.91. The van der Waals surface area contributed by atoms with Crippen molar-refractivity contribution in [3.05, 3.63) is 18.3 Å². The Morgan fingerprint density at radius 3 is 2.85 bits per heavy atom. The lowest BCUT2D eigenvalue weighted by molar-refractivity contribution is 0.0944. The fourth-order valence-corrected chi connectivity index (χ4v) is 0.850. The van der Waals surface area contributed by atoms with Crippen molar-refractivity contribution in [1.82, 2.24) is 4.98 Å². The Morgan fingerprint density at radius 1 is 1.62 bits per heavy atom. The van der Waals surface area contributed by atoms with Crippen LogP contribution in [0.5, 0.6) is 0 Å². The van der Waals surface area contributed by atoms with Crippen molar-refractivity contribution in [1.29, 1.82) is 0 Å². The molecule has 72 valence electrons. The van der Waals surface area contributed by atoms with Crippen molar-refractivity contribution in [3.8, 4) is 0 Å². The van der Waals surface area contributed by atoms with Crippen molar-refractivity contribution in [2.24, 2.45) is 0 Å². The molecule has 0 fully saturated rings. The average Bonchev–Trinajstić information content (AvgIpc) is 2.00. The van der Waals surface area contributed by atoms with Crippen LogP contribution < -0.4 is 11.1 Å². The van der Waals surface area contributed by atoms with Crippen LogP contribution >= 0.6 is 0 Å². The second-order valence-electron chi connectivity index (χ2n) is 3.64. The molecule has 0 spiro atoms. The molecule has 0 radical (unpaired) electrons. The molecule has 0 bridgehead atoms. The van der Waals surface area contributed by atoms with Crippen LogP contribution in [0, 0.1) is 0 Å². The Balaban J connectivity index is 2.55. The van der Waals surface area contributed by atoms with E-state index in [9.17, 15) is 5.11 Å². The molecule has 0 aromatic carbocycles. The minimum Gasteiger partial charge on any atom is -0.399 e. The maximum atomic E-state index is 9.43. The van der Waals surface area contributed by atoms with E-state index in [1.807, 2.05) is 0 Å². The summed E-state index contributed by atoms with van der Waals surface area (Å²) in [7, 11) is 0. The van der Waals surface area contributed by atoms with Gasteiger partial charge in [0.25, 0.3) is 0 Å². The molecule has 4 nitrogen and oxygen atoms in total. The van der Waals surface area contributed by atoms with Gasteiger partial charge in [-0.05, 0) is 19.9 Å². The van der Waals surface area contributed by atoms with Crippen molar-refractivity contribution < 1.29 is 5.11 Å². The number of hydrogen-bond acceptors (Lipinski definition) is 4. The van der Waals surface area contributed by atoms with E-state index in [0.29, 0.717) is 18.1 Å². The third kappa shape index (κ3) is 3.75. The minimum absolute atomic E-state index is 0.448. The molecule has 4 heteroatoms. The van der Waals surface area contributed by atoms with Crippen LogP contribution in [0.2, 0.25) is 0 Å². The minimum atomic E-state index is -0.744. The normalized spacial score (nSPS) is 11.3. The number of hydrogen-bond donors (Lipinski definition) is 3. The van der Waals surface area contributed by atoms with E-state index in [1.54, 1.807) is 32.2 Å². The summed E-state index contributed by atoms with van der Waals surface area (Å²) in [5, 5.41) is 12.4. The number of anilines is 2. The van der Waals surface area contributed by atoms with E-state index in [4.69, 9.17) is 5.73 Å². The number of pyridine rings is 1. The summed E-state index contributed by atoms with van der Waals surface area (Å²) in [5.41, 5.74) is 5.47. The maximum absolute atomic E-state index is 9.43. The molecular formula is C9H15N3O. The first-order chi connectivity index (χ1) is 5.97. The summed E-state index contributed by atoms with van der Waals surface area (Å²) >= 11 is 0. The molecule has 0 atom stereocenters. The van der Waals surface area contributed by atoms with Crippen molar-refractivity contribution in [2.45, 2.75) is 19.4 Å². The number of aliphatic hydroxyl groups is 1. The van der Waals surface area contributed by atoms with E-state index in [2.05, 4.69) is 10.3 Å². The lowest BCUT2D eigenvalue weighted by atomic mass is 10.1. The molecule has 0 unspecified atom stereocenters. The SMILES string of the molecule is CC(C)(O)CNc1cc(N)ccn1. The molecule has 0 aliphatic carbocycles. The molecule has 0 aliphatic heterocycles. The standard InChI is InChI=1S/C9H15N3O/c1-9(2,13)6-12-8-5-7(10)3-4-11-8/h3-5,13H,6H2,1-2H3,(H3,10,11,12). The molecular weight excluding hydrogens is 166 g/mol. The van der Waals surface area contributed by atoms with Crippen LogP contribution in [0.25, 0.3) is 0 Å². The molecule has 1 heterocycles. The van der Waals surface area contributed by atoms with Gasteiger partial charge in [0.05, 0.1) is 5.60 Å². The van der Waals surface area contributed by atoms with Crippen LogP contribution in [0.4, 0.5) is 11.5 Å². The van der Waals surface area contributed by atoms with Gasteiger partial charge < -0.3 is 16.2 Å². The smallest absolute Gasteiger partial charge is 0.128 e. The van der Waals surface area contributed by atoms with Gasteiger partial charge in [-0.3, -0.25) is 0 Å². The van der Waals surface area contributed by atoms with Crippen LogP contribution in [0.1, 0.15) is 13.8 Å². The molecule has 1 aromatic heterocycles. The first-order valence-corrected chi connectivity index (χ1v) is 4.15. The number of nitrogens with two attached hydrogens (primary N) is 1. The number of nitrogens with one attached hydrogen (secondary N) is 1. The summed E-state index contributed by atoms with van der Waals surface area (Å²) in [4.78, 5) is 4.04. The molecule has 4 N–H and O–H groups in total.